The Balaban J connectivity index is 2.00. The molecule has 1 heterocycles. The predicted octanol–water partition coefficient (Wildman–Crippen LogP) is 3.84. The molecule has 1 aliphatic rings. The molecule has 0 aromatic carbocycles. The Morgan fingerprint density at radius 3 is 3.11 bits per heavy atom. The molecule has 4 heteroatoms. The summed E-state index contributed by atoms with van der Waals surface area (Å²) in [6.45, 7) is 2.26. The van der Waals surface area contributed by atoms with Gasteiger partial charge in [0.05, 0.1) is 0 Å². The van der Waals surface area contributed by atoms with Crippen LogP contribution in [0.25, 0.3) is 0 Å². The minimum absolute atomic E-state index is 0.142. The van der Waals surface area contributed by atoms with Gasteiger partial charge in [0, 0.05) is 16.3 Å². The summed E-state index contributed by atoms with van der Waals surface area (Å²) in [6.07, 6.45) is 7.99. The van der Waals surface area contributed by atoms with E-state index >= 15 is 0 Å². The second-order valence-electron chi connectivity index (χ2n) is 4.86. The molecule has 0 spiro atoms. The fourth-order valence-electron chi connectivity index (χ4n) is 2.51. The molecule has 3 nitrogen and oxygen atoms in total. The van der Waals surface area contributed by atoms with Gasteiger partial charge in [-0.2, -0.15) is 0 Å². The van der Waals surface area contributed by atoms with E-state index < -0.39 is 5.97 Å². The first kappa shape index (κ1) is 13.4. The van der Waals surface area contributed by atoms with Crippen LogP contribution >= 0.6 is 11.8 Å². The van der Waals surface area contributed by atoms with Crippen LogP contribution in [0, 0.1) is 5.92 Å². The number of pyridine rings is 1. The molecule has 0 aliphatic heterocycles. The summed E-state index contributed by atoms with van der Waals surface area (Å²) in [4.78, 5) is 15.8. The maximum Gasteiger partial charge on any atom is 0.354 e. The number of thioether (sulfide) groups is 1. The van der Waals surface area contributed by atoms with E-state index in [-0.39, 0.29) is 5.69 Å². The molecule has 2 rings (SSSR count). The summed E-state index contributed by atoms with van der Waals surface area (Å²) in [7, 11) is 0. The van der Waals surface area contributed by atoms with Gasteiger partial charge in [-0.3, -0.25) is 0 Å². The lowest BCUT2D eigenvalue weighted by Crippen LogP contribution is -2.16. The summed E-state index contributed by atoms with van der Waals surface area (Å²) < 4.78 is 0. The van der Waals surface area contributed by atoms with E-state index in [2.05, 4.69) is 11.9 Å². The van der Waals surface area contributed by atoms with Crippen molar-refractivity contribution >= 4 is 17.7 Å². The lowest BCUT2D eigenvalue weighted by molar-refractivity contribution is 0.0690. The van der Waals surface area contributed by atoms with Gasteiger partial charge in [-0.1, -0.05) is 26.2 Å². The van der Waals surface area contributed by atoms with Crippen molar-refractivity contribution in [3.8, 4) is 0 Å². The SMILES string of the molecule is CCC1CCCC(Sc2ccnc(C(=O)O)c2)C1. The Kier molecular flexibility index (Phi) is 4.64. The molecule has 0 saturated heterocycles. The average molecular weight is 265 g/mol. The Hall–Kier alpha value is -1.03. The second kappa shape index (κ2) is 6.23. The summed E-state index contributed by atoms with van der Waals surface area (Å²) in [5.74, 6) is -0.107. The highest BCUT2D eigenvalue weighted by Crippen LogP contribution is 2.37. The number of hydrogen-bond acceptors (Lipinski definition) is 3. The van der Waals surface area contributed by atoms with E-state index in [4.69, 9.17) is 5.11 Å². The van der Waals surface area contributed by atoms with Crippen LogP contribution in [0.3, 0.4) is 0 Å². The topological polar surface area (TPSA) is 50.2 Å². The van der Waals surface area contributed by atoms with Gasteiger partial charge in [0.25, 0.3) is 0 Å². The van der Waals surface area contributed by atoms with Crippen LogP contribution in [-0.2, 0) is 0 Å². The molecular formula is C14H19NO2S. The van der Waals surface area contributed by atoms with E-state index in [0.717, 1.165) is 10.8 Å². The normalized spacial score (nSPS) is 23.8. The minimum atomic E-state index is -0.951. The highest BCUT2D eigenvalue weighted by atomic mass is 32.2. The van der Waals surface area contributed by atoms with Crippen LogP contribution in [0.5, 0.6) is 0 Å². The van der Waals surface area contributed by atoms with Gasteiger partial charge in [-0.05, 0) is 30.9 Å². The zero-order valence-electron chi connectivity index (χ0n) is 10.6. The van der Waals surface area contributed by atoms with Gasteiger partial charge < -0.3 is 5.11 Å². The van der Waals surface area contributed by atoms with E-state index in [1.165, 1.54) is 32.1 Å². The molecule has 0 bridgehead atoms. The third-order valence-corrected chi connectivity index (χ3v) is 4.85. The molecule has 1 fully saturated rings. The first-order chi connectivity index (χ1) is 8.69. The molecule has 1 aliphatic carbocycles. The highest BCUT2D eigenvalue weighted by molar-refractivity contribution is 8.00. The van der Waals surface area contributed by atoms with Gasteiger partial charge in [0.15, 0.2) is 0 Å². The Morgan fingerprint density at radius 2 is 2.39 bits per heavy atom. The smallest absolute Gasteiger partial charge is 0.354 e. The molecular weight excluding hydrogens is 246 g/mol. The zero-order valence-corrected chi connectivity index (χ0v) is 11.4. The third-order valence-electron chi connectivity index (χ3n) is 3.57. The molecule has 2 atom stereocenters. The van der Waals surface area contributed by atoms with Crippen molar-refractivity contribution in [1.29, 1.82) is 0 Å². The number of rotatable bonds is 4. The van der Waals surface area contributed by atoms with Crippen LogP contribution in [-0.4, -0.2) is 21.3 Å². The van der Waals surface area contributed by atoms with Crippen molar-refractivity contribution in [2.75, 3.05) is 0 Å². The van der Waals surface area contributed by atoms with E-state index in [1.54, 1.807) is 12.3 Å². The molecule has 0 radical (unpaired) electrons. The summed E-state index contributed by atoms with van der Waals surface area (Å²) >= 11 is 1.81. The van der Waals surface area contributed by atoms with Crippen molar-refractivity contribution in [1.82, 2.24) is 4.98 Å². The Bertz CT molecular complexity index is 422. The number of carboxylic acids is 1. The van der Waals surface area contributed by atoms with Crippen LogP contribution < -0.4 is 0 Å². The van der Waals surface area contributed by atoms with E-state index in [1.807, 2.05) is 17.8 Å². The fourth-order valence-corrected chi connectivity index (χ4v) is 3.87. The fraction of sp³-hybridized carbons (Fsp3) is 0.571. The van der Waals surface area contributed by atoms with Crippen molar-refractivity contribution in [3.05, 3.63) is 24.0 Å². The van der Waals surface area contributed by atoms with Crippen LogP contribution in [0.2, 0.25) is 0 Å². The van der Waals surface area contributed by atoms with E-state index in [0.29, 0.717) is 5.25 Å². The maximum absolute atomic E-state index is 10.9. The van der Waals surface area contributed by atoms with Gasteiger partial charge >= 0.3 is 5.97 Å². The van der Waals surface area contributed by atoms with Crippen LogP contribution in [0.1, 0.15) is 49.5 Å². The van der Waals surface area contributed by atoms with Gasteiger partial charge in [-0.15, -0.1) is 11.8 Å². The summed E-state index contributed by atoms with van der Waals surface area (Å²) in [5, 5.41) is 9.56. The number of nitrogens with zero attached hydrogens (tertiary/aromatic N) is 1. The van der Waals surface area contributed by atoms with Crippen molar-refractivity contribution in [2.24, 2.45) is 5.92 Å². The molecule has 18 heavy (non-hydrogen) atoms. The van der Waals surface area contributed by atoms with Crippen molar-refractivity contribution in [2.45, 2.75) is 49.2 Å². The first-order valence-corrected chi connectivity index (χ1v) is 7.43. The van der Waals surface area contributed by atoms with Crippen molar-refractivity contribution in [3.63, 3.8) is 0 Å². The van der Waals surface area contributed by atoms with Crippen LogP contribution in [0.15, 0.2) is 23.2 Å². The highest BCUT2D eigenvalue weighted by Gasteiger charge is 2.21. The van der Waals surface area contributed by atoms with Gasteiger partial charge in [-0.25, -0.2) is 9.78 Å². The molecule has 2 unspecified atom stereocenters. The number of aromatic nitrogens is 1. The number of hydrogen-bond donors (Lipinski definition) is 1. The van der Waals surface area contributed by atoms with Crippen molar-refractivity contribution < 1.29 is 9.90 Å². The quantitative estimate of drug-likeness (QED) is 0.898. The third kappa shape index (κ3) is 3.48. The molecule has 98 valence electrons. The van der Waals surface area contributed by atoms with Gasteiger partial charge in [0.2, 0.25) is 0 Å². The average Bonchev–Trinajstić information content (AvgIpc) is 2.39. The largest absolute Gasteiger partial charge is 0.477 e. The predicted molar refractivity (Wildman–Crippen MR) is 73.1 cm³/mol. The second-order valence-corrected chi connectivity index (χ2v) is 6.24. The maximum atomic E-state index is 10.9. The molecule has 1 N–H and O–H groups in total. The van der Waals surface area contributed by atoms with E-state index in [9.17, 15) is 4.79 Å². The van der Waals surface area contributed by atoms with Gasteiger partial charge in [0.1, 0.15) is 5.69 Å². The lowest BCUT2D eigenvalue weighted by atomic mass is 9.87. The van der Waals surface area contributed by atoms with Crippen LogP contribution in [0.4, 0.5) is 0 Å². The molecule has 1 aromatic rings. The molecule has 1 aromatic heterocycles. The summed E-state index contributed by atoms with van der Waals surface area (Å²) in [6, 6.07) is 3.59. The minimum Gasteiger partial charge on any atom is -0.477 e. The zero-order chi connectivity index (χ0) is 13.0. The number of carbonyl (C=O) groups is 1. The number of aromatic carboxylic acids is 1. The number of carboxylic acid groups (broad SMARTS) is 1. The first-order valence-electron chi connectivity index (χ1n) is 6.55. The molecule has 0 amide bonds. The monoisotopic (exact) mass is 265 g/mol. The Labute approximate surface area is 112 Å². The molecule has 1 saturated carbocycles. The standard InChI is InChI=1S/C14H19NO2S/c1-2-10-4-3-5-11(8-10)18-12-6-7-15-13(9-12)14(16)17/h6-7,9-11H,2-5,8H2,1H3,(H,16,17). The Morgan fingerprint density at radius 1 is 1.56 bits per heavy atom. The summed E-state index contributed by atoms with van der Waals surface area (Å²) in [5.41, 5.74) is 0.142. The lowest BCUT2D eigenvalue weighted by Gasteiger charge is -2.27.